The van der Waals surface area contributed by atoms with Crippen LogP contribution in [0.5, 0.6) is 0 Å². The number of likely N-dealkylation sites (tertiary alicyclic amines) is 1. The zero-order valence-electron chi connectivity index (χ0n) is 14.9. The predicted molar refractivity (Wildman–Crippen MR) is 92.6 cm³/mol. The van der Waals surface area contributed by atoms with E-state index in [0.717, 1.165) is 25.1 Å². The van der Waals surface area contributed by atoms with Gasteiger partial charge in [-0.05, 0) is 51.2 Å². The largest absolute Gasteiger partial charge is 0.463 e. The van der Waals surface area contributed by atoms with Crippen molar-refractivity contribution in [3.8, 4) is 0 Å². The van der Waals surface area contributed by atoms with Crippen molar-refractivity contribution in [2.75, 3.05) is 19.6 Å². The summed E-state index contributed by atoms with van der Waals surface area (Å²) in [5, 5.41) is 5.41. The SMILES string of the molecule is C[C@@H]([NH2+]C[C@H](c1ccco1)[NH+]1CCCCC1)C(=O)NC1CCCC1. The van der Waals surface area contributed by atoms with Crippen molar-refractivity contribution in [3.05, 3.63) is 24.2 Å². The molecular weight excluding hydrogens is 302 g/mol. The topological polar surface area (TPSA) is 63.3 Å². The fraction of sp³-hybridized carbons (Fsp3) is 0.737. The minimum absolute atomic E-state index is 0.0350. The van der Waals surface area contributed by atoms with Crippen LogP contribution in [0.25, 0.3) is 0 Å². The second-order valence-electron chi connectivity index (χ2n) is 7.54. The van der Waals surface area contributed by atoms with E-state index in [2.05, 4.69) is 16.7 Å². The smallest absolute Gasteiger partial charge is 0.278 e. The molecule has 2 aliphatic rings. The van der Waals surface area contributed by atoms with Gasteiger partial charge in [0.25, 0.3) is 5.91 Å². The number of carbonyl (C=O) groups excluding carboxylic acids is 1. The molecule has 134 valence electrons. The summed E-state index contributed by atoms with van der Waals surface area (Å²) in [5.74, 6) is 1.25. The number of quaternary nitrogens is 2. The molecule has 1 saturated carbocycles. The van der Waals surface area contributed by atoms with Crippen LogP contribution < -0.4 is 15.5 Å². The molecular formula is C19H33N3O2+2. The fourth-order valence-electron chi connectivity index (χ4n) is 4.18. The summed E-state index contributed by atoms with van der Waals surface area (Å²) >= 11 is 0. The number of nitrogens with one attached hydrogen (secondary N) is 2. The van der Waals surface area contributed by atoms with Gasteiger partial charge in [0, 0.05) is 6.04 Å². The molecule has 1 aliphatic carbocycles. The van der Waals surface area contributed by atoms with Crippen LogP contribution in [0.2, 0.25) is 0 Å². The van der Waals surface area contributed by atoms with Gasteiger partial charge in [0.15, 0.2) is 17.8 Å². The highest BCUT2D eigenvalue weighted by Crippen LogP contribution is 2.17. The maximum absolute atomic E-state index is 12.4. The van der Waals surface area contributed by atoms with Crippen LogP contribution in [0.1, 0.15) is 63.7 Å². The molecule has 3 rings (SSSR count). The van der Waals surface area contributed by atoms with Gasteiger partial charge in [0.2, 0.25) is 0 Å². The molecule has 2 heterocycles. The van der Waals surface area contributed by atoms with Gasteiger partial charge in [-0.3, -0.25) is 4.79 Å². The van der Waals surface area contributed by atoms with Gasteiger partial charge in [0.1, 0.15) is 6.54 Å². The number of nitrogens with two attached hydrogens (primary N) is 1. The van der Waals surface area contributed by atoms with E-state index in [4.69, 9.17) is 4.42 Å². The molecule has 5 nitrogen and oxygen atoms in total. The van der Waals surface area contributed by atoms with Gasteiger partial charge in [-0.2, -0.15) is 0 Å². The van der Waals surface area contributed by atoms with E-state index in [1.54, 1.807) is 11.2 Å². The first-order valence-corrected chi connectivity index (χ1v) is 9.75. The van der Waals surface area contributed by atoms with E-state index in [9.17, 15) is 4.79 Å². The van der Waals surface area contributed by atoms with Crippen molar-refractivity contribution >= 4 is 5.91 Å². The van der Waals surface area contributed by atoms with E-state index >= 15 is 0 Å². The van der Waals surface area contributed by atoms with E-state index < -0.39 is 0 Å². The molecule has 0 spiro atoms. The molecule has 0 unspecified atom stereocenters. The standard InChI is InChI=1S/C19H31N3O2/c1-15(19(23)21-16-8-3-4-9-16)20-14-17(18-10-7-13-24-18)22-11-5-2-6-12-22/h7,10,13,15-17,20H,2-6,8-9,11-12,14H2,1H3,(H,21,23)/p+2/t15-,17-/m1/s1. The van der Waals surface area contributed by atoms with E-state index in [0.29, 0.717) is 12.1 Å². The Balaban J connectivity index is 1.53. The molecule has 5 heteroatoms. The van der Waals surface area contributed by atoms with Crippen molar-refractivity contribution in [1.82, 2.24) is 5.32 Å². The number of carbonyl (C=O) groups is 1. The molecule has 0 aromatic carbocycles. The zero-order valence-corrected chi connectivity index (χ0v) is 14.9. The van der Waals surface area contributed by atoms with Crippen LogP contribution in [0.3, 0.4) is 0 Å². The predicted octanol–water partition coefficient (Wildman–Crippen LogP) is 0.400. The van der Waals surface area contributed by atoms with Crippen molar-refractivity contribution in [3.63, 3.8) is 0 Å². The van der Waals surface area contributed by atoms with Gasteiger partial charge in [0.05, 0.1) is 19.4 Å². The Labute approximate surface area is 145 Å². The van der Waals surface area contributed by atoms with Gasteiger partial charge in [-0.1, -0.05) is 12.8 Å². The third-order valence-electron chi connectivity index (χ3n) is 5.72. The molecule has 0 bridgehead atoms. The van der Waals surface area contributed by atoms with Gasteiger partial charge in [-0.25, -0.2) is 0 Å². The van der Waals surface area contributed by atoms with Gasteiger partial charge in [-0.15, -0.1) is 0 Å². The average molecular weight is 335 g/mol. The van der Waals surface area contributed by atoms with Crippen molar-refractivity contribution in [1.29, 1.82) is 0 Å². The van der Waals surface area contributed by atoms with Crippen LogP contribution in [0.4, 0.5) is 0 Å². The lowest BCUT2D eigenvalue weighted by molar-refractivity contribution is -0.951. The van der Waals surface area contributed by atoms with E-state index in [1.165, 1.54) is 45.2 Å². The number of amides is 1. The molecule has 2 atom stereocenters. The summed E-state index contributed by atoms with van der Waals surface area (Å²) in [6.45, 7) is 5.35. The lowest BCUT2D eigenvalue weighted by Crippen LogP contribution is -3.16. The molecule has 2 fully saturated rings. The highest BCUT2D eigenvalue weighted by molar-refractivity contribution is 5.80. The molecule has 0 radical (unpaired) electrons. The molecule has 1 saturated heterocycles. The van der Waals surface area contributed by atoms with Crippen molar-refractivity contribution < 1.29 is 19.4 Å². The number of furan rings is 1. The third kappa shape index (κ3) is 4.61. The van der Waals surface area contributed by atoms with E-state index in [1.807, 2.05) is 13.0 Å². The maximum atomic E-state index is 12.4. The Morgan fingerprint density at radius 2 is 2.04 bits per heavy atom. The second kappa shape index (κ2) is 8.67. The second-order valence-corrected chi connectivity index (χ2v) is 7.54. The quantitative estimate of drug-likeness (QED) is 0.675. The Morgan fingerprint density at radius 3 is 2.71 bits per heavy atom. The van der Waals surface area contributed by atoms with Gasteiger partial charge >= 0.3 is 0 Å². The van der Waals surface area contributed by atoms with Crippen LogP contribution >= 0.6 is 0 Å². The Morgan fingerprint density at radius 1 is 1.29 bits per heavy atom. The average Bonchev–Trinajstić information content (AvgIpc) is 3.30. The third-order valence-corrected chi connectivity index (χ3v) is 5.72. The summed E-state index contributed by atoms with van der Waals surface area (Å²) < 4.78 is 5.71. The Hall–Kier alpha value is -1.33. The lowest BCUT2D eigenvalue weighted by atomic mass is 10.1. The van der Waals surface area contributed by atoms with Crippen LogP contribution in [-0.2, 0) is 4.79 Å². The summed E-state index contributed by atoms with van der Waals surface area (Å²) in [4.78, 5) is 14.0. The molecule has 4 N–H and O–H groups in total. The minimum Gasteiger partial charge on any atom is -0.463 e. The Kier molecular flexibility index (Phi) is 6.32. The highest BCUT2D eigenvalue weighted by Gasteiger charge is 2.31. The monoisotopic (exact) mass is 335 g/mol. The maximum Gasteiger partial charge on any atom is 0.278 e. The van der Waals surface area contributed by atoms with Crippen LogP contribution in [0, 0.1) is 0 Å². The minimum atomic E-state index is -0.0350. The van der Waals surface area contributed by atoms with Crippen LogP contribution in [0.15, 0.2) is 22.8 Å². The lowest BCUT2D eigenvalue weighted by Gasteiger charge is -2.30. The van der Waals surface area contributed by atoms with Crippen molar-refractivity contribution in [2.45, 2.75) is 70.0 Å². The molecule has 24 heavy (non-hydrogen) atoms. The molecule has 1 aliphatic heterocycles. The summed E-state index contributed by atoms with van der Waals surface area (Å²) in [6.07, 6.45) is 10.5. The molecule has 1 aromatic heterocycles. The number of hydrogen-bond acceptors (Lipinski definition) is 2. The Bertz CT molecular complexity index is 491. The normalized spacial score (nSPS) is 22.4. The van der Waals surface area contributed by atoms with Crippen molar-refractivity contribution in [2.24, 2.45) is 0 Å². The zero-order chi connectivity index (χ0) is 16.8. The number of piperidine rings is 1. The van der Waals surface area contributed by atoms with E-state index in [-0.39, 0.29) is 11.9 Å². The van der Waals surface area contributed by atoms with Crippen LogP contribution in [-0.4, -0.2) is 37.6 Å². The highest BCUT2D eigenvalue weighted by atomic mass is 16.3. The fourth-order valence-corrected chi connectivity index (χ4v) is 4.18. The summed E-state index contributed by atoms with van der Waals surface area (Å²) in [7, 11) is 0. The first-order chi connectivity index (χ1) is 11.7. The first kappa shape index (κ1) is 17.5. The number of hydrogen-bond donors (Lipinski definition) is 3. The molecule has 1 amide bonds. The first-order valence-electron chi connectivity index (χ1n) is 9.75. The summed E-state index contributed by atoms with van der Waals surface area (Å²) in [5.41, 5.74) is 0. The van der Waals surface area contributed by atoms with Gasteiger partial charge < -0.3 is 20.0 Å². The number of rotatable bonds is 7. The molecule has 1 aromatic rings. The summed E-state index contributed by atoms with van der Waals surface area (Å²) in [6, 6.07) is 4.78.